The maximum atomic E-state index is 12.1. The van der Waals surface area contributed by atoms with Crippen LogP contribution in [0.15, 0.2) is 47.9 Å². The van der Waals surface area contributed by atoms with Crippen LogP contribution in [0.3, 0.4) is 0 Å². The van der Waals surface area contributed by atoms with E-state index >= 15 is 0 Å². The number of hydrogen-bond acceptors (Lipinski definition) is 5. The van der Waals surface area contributed by atoms with Crippen LogP contribution in [0.5, 0.6) is 0 Å². The SMILES string of the molecule is CC(C)C(O)(C#Cc1ccc(S(=O)(=O)N(C)C)cc1)c1cncnc1. The fourth-order valence-electron chi connectivity index (χ4n) is 2.13. The third-order valence-electron chi connectivity index (χ3n) is 3.87. The molecular weight excluding hydrogens is 338 g/mol. The van der Waals surface area contributed by atoms with Crippen molar-refractivity contribution in [3.8, 4) is 11.8 Å². The molecule has 1 unspecified atom stereocenters. The van der Waals surface area contributed by atoms with E-state index in [0.717, 1.165) is 4.31 Å². The fourth-order valence-corrected chi connectivity index (χ4v) is 3.04. The van der Waals surface area contributed by atoms with Gasteiger partial charge in [0.15, 0.2) is 5.60 Å². The normalized spacial score (nSPS) is 14.0. The lowest BCUT2D eigenvalue weighted by Gasteiger charge is -2.26. The molecule has 1 aromatic carbocycles. The third-order valence-corrected chi connectivity index (χ3v) is 5.70. The molecule has 0 fully saturated rings. The summed E-state index contributed by atoms with van der Waals surface area (Å²) in [7, 11) is -0.514. The molecule has 0 radical (unpaired) electrons. The van der Waals surface area contributed by atoms with E-state index in [9.17, 15) is 13.5 Å². The highest BCUT2D eigenvalue weighted by molar-refractivity contribution is 7.89. The molecule has 1 atom stereocenters. The minimum Gasteiger partial charge on any atom is -0.373 e. The Balaban J connectivity index is 2.36. The minimum atomic E-state index is -3.47. The highest BCUT2D eigenvalue weighted by Gasteiger charge is 2.31. The first-order valence-corrected chi connectivity index (χ1v) is 9.15. The van der Waals surface area contributed by atoms with Gasteiger partial charge in [-0.05, 0) is 30.2 Å². The lowest BCUT2D eigenvalue weighted by molar-refractivity contribution is 0.0496. The van der Waals surface area contributed by atoms with Crippen LogP contribution in [0.1, 0.15) is 25.0 Å². The summed E-state index contributed by atoms with van der Waals surface area (Å²) in [6, 6.07) is 6.23. The Bertz CT molecular complexity index is 883. The van der Waals surface area contributed by atoms with E-state index in [1.165, 1.54) is 44.9 Å². The largest absolute Gasteiger partial charge is 0.373 e. The summed E-state index contributed by atoms with van der Waals surface area (Å²) in [5, 5.41) is 10.9. The molecule has 25 heavy (non-hydrogen) atoms. The van der Waals surface area contributed by atoms with Crippen molar-refractivity contribution in [3.05, 3.63) is 54.1 Å². The summed E-state index contributed by atoms with van der Waals surface area (Å²) in [5.74, 6) is 5.60. The number of aliphatic hydroxyl groups is 1. The van der Waals surface area contributed by atoms with Gasteiger partial charge < -0.3 is 5.11 Å². The Kier molecular flexibility index (Phi) is 5.58. The molecule has 7 heteroatoms. The van der Waals surface area contributed by atoms with Gasteiger partial charge in [0.2, 0.25) is 10.0 Å². The van der Waals surface area contributed by atoms with Crippen LogP contribution in [0.2, 0.25) is 0 Å². The second kappa shape index (κ2) is 7.31. The molecule has 1 N–H and O–H groups in total. The topological polar surface area (TPSA) is 83.4 Å². The van der Waals surface area contributed by atoms with Crippen LogP contribution in [0.4, 0.5) is 0 Å². The number of aromatic nitrogens is 2. The molecule has 0 bridgehead atoms. The smallest absolute Gasteiger partial charge is 0.242 e. The number of benzene rings is 1. The minimum absolute atomic E-state index is 0.181. The molecule has 1 heterocycles. The molecule has 2 rings (SSSR count). The molecule has 0 aliphatic rings. The van der Waals surface area contributed by atoms with Crippen LogP contribution in [-0.4, -0.2) is 41.9 Å². The molecular formula is C18H21N3O3S. The van der Waals surface area contributed by atoms with Crippen LogP contribution in [-0.2, 0) is 15.6 Å². The van der Waals surface area contributed by atoms with Gasteiger partial charge in [-0.3, -0.25) is 0 Å². The Morgan fingerprint density at radius 1 is 1.12 bits per heavy atom. The van der Waals surface area contributed by atoms with Gasteiger partial charge in [-0.15, -0.1) is 0 Å². The first-order chi connectivity index (χ1) is 11.7. The van der Waals surface area contributed by atoms with Crippen molar-refractivity contribution in [1.82, 2.24) is 14.3 Å². The Labute approximate surface area is 148 Å². The zero-order chi connectivity index (χ0) is 18.7. The average molecular weight is 359 g/mol. The summed E-state index contributed by atoms with van der Waals surface area (Å²) in [6.07, 6.45) is 4.46. The van der Waals surface area contributed by atoms with E-state index in [-0.39, 0.29) is 10.8 Å². The quantitative estimate of drug-likeness (QED) is 0.839. The molecule has 6 nitrogen and oxygen atoms in total. The second-order valence-corrected chi connectivity index (χ2v) is 8.26. The van der Waals surface area contributed by atoms with Crippen molar-refractivity contribution in [1.29, 1.82) is 0 Å². The van der Waals surface area contributed by atoms with Crippen molar-refractivity contribution in [2.24, 2.45) is 5.92 Å². The van der Waals surface area contributed by atoms with Gasteiger partial charge in [-0.2, -0.15) is 0 Å². The van der Waals surface area contributed by atoms with Crippen molar-refractivity contribution in [2.75, 3.05) is 14.1 Å². The van der Waals surface area contributed by atoms with Crippen molar-refractivity contribution in [3.63, 3.8) is 0 Å². The first-order valence-electron chi connectivity index (χ1n) is 7.71. The van der Waals surface area contributed by atoms with Gasteiger partial charge in [-0.25, -0.2) is 22.7 Å². The summed E-state index contributed by atoms with van der Waals surface area (Å²) in [6.45, 7) is 3.71. The molecule has 132 valence electrons. The predicted molar refractivity (Wildman–Crippen MR) is 95.0 cm³/mol. The summed E-state index contributed by atoms with van der Waals surface area (Å²) in [4.78, 5) is 8.06. The number of rotatable bonds is 4. The highest BCUT2D eigenvalue weighted by atomic mass is 32.2. The zero-order valence-corrected chi connectivity index (χ0v) is 15.4. The fraction of sp³-hybridized carbons (Fsp3) is 0.333. The van der Waals surface area contributed by atoms with Gasteiger partial charge in [-0.1, -0.05) is 25.7 Å². The molecule has 0 amide bonds. The molecule has 0 spiro atoms. The Morgan fingerprint density at radius 3 is 2.16 bits per heavy atom. The monoisotopic (exact) mass is 359 g/mol. The third kappa shape index (κ3) is 4.04. The van der Waals surface area contributed by atoms with E-state index in [1.807, 2.05) is 13.8 Å². The lowest BCUT2D eigenvalue weighted by atomic mass is 9.85. The van der Waals surface area contributed by atoms with Crippen LogP contribution < -0.4 is 0 Å². The van der Waals surface area contributed by atoms with Crippen molar-refractivity contribution >= 4 is 10.0 Å². The predicted octanol–water partition coefficient (Wildman–Crippen LogP) is 1.62. The summed E-state index contributed by atoms with van der Waals surface area (Å²) < 4.78 is 25.3. The maximum Gasteiger partial charge on any atom is 0.242 e. The molecule has 0 aliphatic heterocycles. The summed E-state index contributed by atoms with van der Waals surface area (Å²) >= 11 is 0. The number of sulfonamides is 1. The first kappa shape index (κ1) is 19.1. The zero-order valence-electron chi connectivity index (χ0n) is 14.6. The molecule has 2 aromatic rings. The van der Waals surface area contributed by atoms with Crippen molar-refractivity contribution < 1.29 is 13.5 Å². The standard InChI is InChI=1S/C18H21N3O3S/c1-14(2)18(22,16-11-19-13-20-12-16)10-9-15-5-7-17(8-6-15)25(23,24)21(3)4/h5-8,11-14,22H,1-4H3. The Hall–Kier alpha value is -2.27. The van der Waals surface area contributed by atoms with E-state index < -0.39 is 15.6 Å². The average Bonchev–Trinajstić information content (AvgIpc) is 2.60. The van der Waals surface area contributed by atoms with E-state index in [2.05, 4.69) is 21.8 Å². The maximum absolute atomic E-state index is 12.1. The van der Waals surface area contributed by atoms with Crippen molar-refractivity contribution in [2.45, 2.75) is 24.3 Å². The highest BCUT2D eigenvalue weighted by Crippen LogP contribution is 2.28. The van der Waals surface area contributed by atoms with Crippen LogP contribution >= 0.6 is 0 Å². The van der Waals surface area contributed by atoms with Crippen LogP contribution in [0.25, 0.3) is 0 Å². The molecule has 0 aliphatic carbocycles. The second-order valence-electron chi connectivity index (χ2n) is 6.11. The molecule has 0 saturated carbocycles. The van der Waals surface area contributed by atoms with Gasteiger partial charge in [0.05, 0.1) is 4.90 Å². The number of hydrogen-bond donors (Lipinski definition) is 1. The summed E-state index contributed by atoms with van der Waals surface area (Å²) in [5.41, 5.74) is -0.270. The molecule has 1 aromatic heterocycles. The van der Waals surface area contributed by atoms with Gasteiger partial charge in [0, 0.05) is 37.6 Å². The van der Waals surface area contributed by atoms with Gasteiger partial charge >= 0.3 is 0 Å². The lowest BCUT2D eigenvalue weighted by Crippen LogP contribution is -2.30. The number of nitrogens with zero attached hydrogens (tertiary/aromatic N) is 3. The Morgan fingerprint density at radius 2 is 1.68 bits per heavy atom. The van der Waals surface area contributed by atoms with E-state index in [4.69, 9.17) is 0 Å². The van der Waals surface area contributed by atoms with E-state index in [0.29, 0.717) is 11.1 Å². The molecule has 0 saturated heterocycles. The van der Waals surface area contributed by atoms with Gasteiger partial charge in [0.1, 0.15) is 6.33 Å². The van der Waals surface area contributed by atoms with E-state index in [1.54, 1.807) is 12.1 Å². The van der Waals surface area contributed by atoms with Crippen LogP contribution in [0, 0.1) is 17.8 Å². The van der Waals surface area contributed by atoms with Gasteiger partial charge in [0.25, 0.3) is 0 Å².